The SMILES string of the molecule is COc1ccc(S(=O)(=O)N(C)Cc2ccc(C(C)(C)C)cc2)c(Cl)c1Cl. The van der Waals surface area contributed by atoms with Gasteiger partial charge in [0, 0.05) is 13.6 Å². The largest absolute Gasteiger partial charge is 0.495 e. The molecule has 0 heterocycles. The molecule has 0 spiro atoms. The van der Waals surface area contributed by atoms with Gasteiger partial charge in [-0.25, -0.2) is 8.42 Å². The van der Waals surface area contributed by atoms with Gasteiger partial charge in [-0.3, -0.25) is 0 Å². The van der Waals surface area contributed by atoms with Crippen molar-refractivity contribution in [1.29, 1.82) is 0 Å². The number of hydrogen-bond donors (Lipinski definition) is 0. The fraction of sp³-hybridized carbons (Fsp3) is 0.368. The van der Waals surface area contributed by atoms with Crippen molar-refractivity contribution in [3.63, 3.8) is 0 Å². The van der Waals surface area contributed by atoms with Gasteiger partial charge in [0.1, 0.15) is 15.7 Å². The van der Waals surface area contributed by atoms with Gasteiger partial charge in [-0.15, -0.1) is 0 Å². The van der Waals surface area contributed by atoms with Crippen molar-refractivity contribution in [3.8, 4) is 5.75 Å². The Hall–Kier alpha value is -1.27. The first-order chi connectivity index (χ1) is 12.0. The molecule has 0 aliphatic heterocycles. The third kappa shape index (κ3) is 4.34. The Labute approximate surface area is 165 Å². The van der Waals surface area contributed by atoms with Gasteiger partial charge in [0.15, 0.2) is 0 Å². The number of halogens is 2. The van der Waals surface area contributed by atoms with Gasteiger partial charge in [0.05, 0.1) is 12.1 Å². The second kappa shape index (κ2) is 7.77. The molecule has 142 valence electrons. The van der Waals surface area contributed by atoms with Gasteiger partial charge in [-0.05, 0) is 28.7 Å². The van der Waals surface area contributed by atoms with Crippen LogP contribution in [0.5, 0.6) is 5.75 Å². The summed E-state index contributed by atoms with van der Waals surface area (Å²) in [5, 5.41) is 0.0409. The Morgan fingerprint density at radius 1 is 1.00 bits per heavy atom. The summed E-state index contributed by atoms with van der Waals surface area (Å²) in [4.78, 5) is -0.0428. The lowest BCUT2D eigenvalue weighted by Crippen LogP contribution is -2.27. The first kappa shape index (κ1) is 21.0. The fourth-order valence-electron chi connectivity index (χ4n) is 2.49. The first-order valence-electron chi connectivity index (χ1n) is 8.06. The molecule has 2 aromatic carbocycles. The molecule has 0 radical (unpaired) electrons. The number of nitrogens with zero attached hydrogens (tertiary/aromatic N) is 1. The third-order valence-corrected chi connectivity index (χ3v) is 6.97. The van der Waals surface area contributed by atoms with E-state index in [9.17, 15) is 8.42 Å². The van der Waals surface area contributed by atoms with Crippen molar-refractivity contribution >= 4 is 33.2 Å². The summed E-state index contributed by atoms with van der Waals surface area (Å²) in [7, 11) is -0.834. The summed E-state index contributed by atoms with van der Waals surface area (Å²) in [6, 6.07) is 10.8. The molecule has 0 unspecified atom stereocenters. The summed E-state index contributed by atoms with van der Waals surface area (Å²) in [6.07, 6.45) is 0. The monoisotopic (exact) mass is 415 g/mol. The minimum absolute atomic E-state index is 0.0408. The zero-order valence-corrected chi connectivity index (χ0v) is 17.8. The fourth-order valence-corrected chi connectivity index (χ4v) is 4.46. The van der Waals surface area contributed by atoms with Crippen LogP contribution in [0.15, 0.2) is 41.3 Å². The van der Waals surface area contributed by atoms with Crippen molar-refractivity contribution < 1.29 is 13.2 Å². The van der Waals surface area contributed by atoms with Crippen LogP contribution in [0.3, 0.4) is 0 Å². The molecule has 0 aliphatic carbocycles. The summed E-state index contributed by atoms with van der Waals surface area (Å²) >= 11 is 12.3. The molecular weight excluding hydrogens is 393 g/mol. The molecule has 2 rings (SSSR count). The minimum atomic E-state index is -3.79. The van der Waals surface area contributed by atoms with Crippen molar-refractivity contribution in [2.75, 3.05) is 14.2 Å². The number of methoxy groups -OCH3 is 1. The van der Waals surface area contributed by atoms with Crippen molar-refractivity contribution in [2.24, 2.45) is 0 Å². The number of benzene rings is 2. The summed E-state index contributed by atoms with van der Waals surface area (Å²) in [6.45, 7) is 6.63. The van der Waals surface area contributed by atoms with Crippen LogP contribution in [-0.4, -0.2) is 26.9 Å². The van der Waals surface area contributed by atoms with E-state index in [0.29, 0.717) is 5.75 Å². The summed E-state index contributed by atoms with van der Waals surface area (Å²) in [5.74, 6) is 0.330. The Morgan fingerprint density at radius 3 is 2.08 bits per heavy atom. The average molecular weight is 416 g/mol. The molecule has 2 aromatic rings. The number of rotatable bonds is 5. The maximum absolute atomic E-state index is 12.9. The van der Waals surface area contributed by atoms with Crippen LogP contribution in [0, 0.1) is 0 Å². The van der Waals surface area contributed by atoms with E-state index in [4.69, 9.17) is 27.9 Å². The van der Waals surface area contributed by atoms with Crippen LogP contribution in [0.1, 0.15) is 31.9 Å². The second-order valence-electron chi connectivity index (χ2n) is 7.10. The smallest absolute Gasteiger partial charge is 0.244 e. The average Bonchev–Trinajstić information content (AvgIpc) is 2.56. The molecule has 4 nitrogen and oxygen atoms in total. The molecule has 7 heteroatoms. The van der Waals surface area contributed by atoms with Crippen molar-refractivity contribution in [1.82, 2.24) is 4.31 Å². The van der Waals surface area contributed by atoms with E-state index < -0.39 is 10.0 Å². The highest BCUT2D eigenvalue weighted by molar-refractivity contribution is 7.89. The summed E-state index contributed by atoms with van der Waals surface area (Å²) < 4.78 is 32.1. The van der Waals surface area contributed by atoms with Gasteiger partial charge in [-0.1, -0.05) is 68.2 Å². The highest BCUT2D eigenvalue weighted by Crippen LogP contribution is 2.37. The lowest BCUT2D eigenvalue weighted by Gasteiger charge is -2.21. The van der Waals surface area contributed by atoms with Crippen LogP contribution in [-0.2, 0) is 22.0 Å². The molecule has 0 amide bonds. The predicted molar refractivity (Wildman–Crippen MR) is 107 cm³/mol. The summed E-state index contributed by atoms with van der Waals surface area (Å²) in [5.41, 5.74) is 2.13. The zero-order chi connectivity index (χ0) is 19.7. The molecule has 26 heavy (non-hydrogen) atoms. The highest BCUT2D eigenvalue weighted by atomic mass is 35.5. The first-order valence-corrected chi connectivity index (χ1v) is 10.3. The Balaban J connectivity index is 2.29. The molecule has 0 aromatic heterocycles. The highest BCUT2D eigenvalue weighted by Gasteiger charge is 2.26. The number of sulfonamides is 1. The van der Waals surface area contributed by atoms with E-state index in [2.05, 4.69) is 20.8 Å². The maximum Gasteiger partial charge on any atom is 0.244 e. The predicted octanol–water partition coefficient (Wildman–Crippen LogP) is 5.12. The molecule has 0 bridgehead atoms. The lowest BCUT2D eigenvalue weighted by molar-refractivity contribution is 0.414. The van der Waals surface area contributed by atoms with E-state index in [1.807, 2.05) is 24.3 Å². The zero-order valence-electron chi connectivity index (χ0n) is 15.5. The number of ether oxygens (including phenoxy) is 1. The van der Waals surface area contributed by atoms with Crippen LogP contribution < -0.4 is 4.74 Å². The minimum Gasteiger partial charge on any atom is -0.495 e. The van der Waals surface area contributed by atoms with E-state index in [0.717, 1.165) is 5.56 Å². The van der Waals surface area contributed by atoms with Gasteiger partial charge < -0.3 is 4.74 Å². The van der Waals surface area contributed by atoms with Gasteiger partial charge in [0.2, 0.25) is 10.0 Å². The quantitative estimate of drug-likeness (QED) is 0.680. The van der Waals surface area contributed by atoms with Crippen LogP contribution in [0.2, 0.25) is 10.0 Å². The van der Waals surface area contributed by atoms with Crippen molar-refractivity contribution in [2.45, 2.75) is 37.6 Å². The van der Waals surface area contributed by atoms with E-state index in [1.54, 1.807) is 0 Å². The Kier molecular flexibility index (Phi) is 6.28. The maximum atomic E-state index is 12.9. The second-order valence-corrected chi connectivity index (χ2v) is 9.87. The normalized spacial score (nSPS) is 12.5. The van der Waals surface area contributed by atoms with Gasteiger partial charge >= 0.3 is 0 Å². The Morgan fingerprint density at radius 2 is 1.58 bits per heavy atom. The standard InChI is InChI=1S/C19H23Cl2NO3S/c1-19(2,3)14-8-6-13(7-9-14)12-22(4)26(23,24)16-11-10-15(25-5)17(20)18(16)21/h6-11H,12H2,1-5H3. The van der Waals surface area contributed by atoms with Crippen LogP contribution in [0.4, 0.5) is 0 Å². The molecule has 0 saturated heterocycles. The molecular formula is C19H23Cl2NO3S. The van der Waals surface area contributed by atoms with E-state index >= 15 is 0 Å². The van der Waals surface area contributed by atoms with Gasteiger partial charge in [-0.2, -0.15) is 4.31 Å². The molecule has 0 saturated carbocycles. The Bertz CT molecular complexity index is 888. The molecule has 0 atom stereocenters. The van der Waals surface area contributed by atoms with Gasteiger partial charge in [0.25, 0.3) is 0 Å². The van der Waals surface area contributed by atoms with Crippen LogP contribution in [0.25, 0.3) is 0 Å². The molecule has 0 aliphatic rings. The number of hydrogen-bond acceptors (Lipinski definition) is 3. The van der Waals surface area contributed by atoms with Crippen LogP contribution >= 0.6 is 23.2 Å². The topological polar surface area (TPSA) is 46.6 Å². The van der Waals surface area contributed by atoms with E-state index in [-0.39, 0.29) is 26.9 Å². The lowest BCUT2D eigenvalue weighted by atomic mass is 9.87. The third-order valence-electron chi connectivity index (χ3n) is 4.14. The molecule has 0 N–H and O–H groups in total. The molecule has 0 fully saturated rings. The van der Waals surface area contributed by atoms with E-state index in [1.165, 1.54) is 36.2 Å². The van der Waals surface area contributed by atoms with Crippen molar-refractivity contribution in [3.05, 3.63) is 57.6 Å².